The molecular formula is C15H18N2O2. The Kier molecular flexibility index (Phi) is 3.18. The summed E-state index contributed by atoms with van der Waals surface area (Å²) in [7, 11) is 1.82. The minimum atomic E-state index is -0.992. The van der Waals surface area contributed by atoms with Gasteiger partial charge in [0.1, 0.15) is 0 Å². The summed E-state index contributed by atoms with van der Waals surface area (Å²) in [6.45, 7) is 8.13. The van der Waals surface area contributed by atoms with E-state index in [0.717, 1.165) is 27.8 Å². The molecule has 0 radical (unpaired) electrons. The number of imidazole rings is 1. The van der Waals surface area contributed by atoms with Crippen molar-refractivity contribution in [3.63, 3.8) is 0 Å². The van der Waals surface area contributed by atoms with Crippen LogP contribution in [0.2, 0.25) is 0 Å². The maximum absolute atomic E-state index is 11.3. The molecule has 0 aliphatic heterocycles. The minimum absolute atomic E-state index is 0.110. The van der Waals surface area contributed by atoms with Crippen LogP contribution in [0.3, 0.4) is 0 Å². The zero-order chi connectivity index (χ0) is 14.3. The molecule has 1 aromatic heterocycles. The van der Waals surface area contributed by atoms with Gasteiger partial charge in [0.25, 0.3) is 0 Å². The number of carbonyl (C=O) groups is 1. The van der Waals surface area contributed by atoms with E-state index in [1.165, 1.54) is 0 Å². The molecular weight excluding hydrogens is 240 g/mol. The number of carboxylic acids is 1. The van der Waals surface area contributed by atoms with E-state index < -0.39 is 5.97 Å². The first-order valence-electron chi connectivity index (χ1n) is 6.17. The first-order valence-corrected chi connectivity index (χ1v) is 6.17. The predicted molar refractivity (Wildman–Crippen MR) is 74.6 cm³/mol. The van der Waals surface area contributed by atoms with Crippen LogP contribution in [0.5, 0.6) is 0 Å². The van der Waals surface area contributed by atoms with Crippen molar-refractivity contribution in [1.82, 2.24) is 9.55 Å². The van der Waals surface area contributed by atoms with Crippen molar-refractivity contribution in [2.24, 2.45) is 7.05 Å². The van der Waals surface area contributed by atoms with Crippen molar-refractivity contribution in [3.05, 3.63) is 40.3 Å². The highest BCUT2D eigenvalue weighted by molar-refractivity contribution is 5.94. The van der Waals surface area contributed by atoms with Crippen LogP contribution in [0.15, 0.2) is 12.4 Å². The average Bonchev–Trinajstić information content (AvgIpc) is 2.70. The van der Waals surface area contributed by atoms with Crippen LogP contribution < -0.4 is 0 Å². The molecule has 4 nitrogen and oxygen atoms in total. The summed E-state index contributed by atoms with van der Waals surface area (Å²) >= 11 is 0. The van der Waals surface area contributed by atoms with Gasteiger partial charge in [-0.3, -0.25) is 0 Å². The summed E-state index contributed by atoms with van der Waals surface area (Å²) in [4.78, 5) is 15.3. The number of aryl methyl sites for hydroxylation is 3. The first-order chi connectivity index (χ1) is 8.84. The minimum Gasteiger partial charge on any atom is -0.476 e. The van der Waals surface area contributed by atoms with Gasteiger partial charge in [-0.05, 0) is 49.9 Å². The highest BCUT2D eigenvalue weighted by Crippen LogP contribution is 2.33. The third-order valence-electron chi connectivity index (χ3n) is 3.74. The first kappa shape index (κ1) is 13.3. The van der Waals surface area contributed by atoms with Gasteiger partial charge in [-0.2, -0.15) is 0 Å². The fourth-order valence-electron chi connectivity index (χ4n) is 2.45. The third kappa shape index (κ3) is 2.03. The molecule has 0 saturated carbocycles. The lowest BCUT2D eigenvalue weighted by molar-refractivity contribution is 0.0692. The van der Waals surface area contributed by atoms with Crippen LogP contribution in [-0.4, -0.2) is 20.6 Å². The van der Waals surface area contributed by atoms with E-state index in [-0.39, 0.29) is 5.69 Å². The van der Waals surface area contributed by atoms with E-state index in [2.05, 4.69) is 11.1 Å². The zero-order valence-corrected chi connectivity index (χ0v) is 11.9. The standard InChI is InChI=1S/C15H18N2O2/c1-8-6-9(2)11(4)12(10(8)3)14-13(15(18)19)16-7-17(14)5/h6-7H,1-5H3,(H,18,19). The summed E-state index contributed by atoms with van der Waals surface area (Å²) in [6, 6.07) is 2.13. The summed E-state index contributed by atoms with van der Waals surface area (Å²) in [5, 5.41) is 9.28. The normalized spacial score (nSPS) is 10.8. The quantitative estimate of drug-likeness (QED) is 0.900. The maximum atomic E-state index is 11.3. The van der Waals surface area contributed by atoms with E-state index in [9.17, 15) is 9.90 Å². The van der Waals surface area contributed by atoms with Crippen LogP contribution in [0.25, 0.3) is 11.3 Å². The average molecular weight is 258 g/mol. The molecule has 0 aliphatic carbocycles. The smallest absolute Gasteiger partial charge is 0.356 e. The van der Waals surface area contributed by atoms with Crippen LogP contribution in [0.4, 0.5) is 0 Å². The fourth-order valence-corrected chi connectivity index (χ4v) is 2.45. The number of aromatic nitrogens is 2. The van der Waals surface area contributed by atoms with Gasteiger partial charge in [0.2, 0.25) is 0 Å². The van der Waals surface area contributed by atoms with Crippen molar-refractivity contribution < 1.29 is 9.90 Å². The fraction of sp³-hybridized carbons (Fsp3) is 0.333. The number of hydrogen-bond donors (Lipinski definition) is 1. The number of aromatic carboxylic acids is 1. The van der Waals surface area contributed by atoms with Crippen LogP contribution >= 0.6 is 0 Å². The Morgan fingerprint density at radius 3 is 2.16 bits per heavy atom. The molecule has 0 atom stereocenters. The van der Waals surface area contributed by atoms with Crippen molar-refractivity contribution in [2.45, 2.75) is 27.7 Å². The van der Waals surface area contributed by atoms with Crippen LogP contribution in [-0.2, 0) is 7.05 Å². The Bertz CT molecular complexity index is 643. The van der Waals surface area contributed by atoms with Gasteiger partial charge in [0.15, 0.2) is 5.69 Å². The Balaban J connectivity index is 2.87. The lowest BCUT2D eigenvalue weighted by Gasteiger charge is -2.16. The molecule has 2 rings (SSSR count). The van der Waals surface area contributed by atoms with Crippen LogP contribution in [0.1, 0.15) is 32.7 Å². The van der Waals surface area contributed by atoms with Crippen molar-refractivity contribution in [1.29, 1.82) is 0 Å². The summed E-state index contributed by atoms with van der Waals surface area (Å²) < 4.78 is 1.78. The molecule has 0 saturated heterocycles. The maximum Gasteiger partial charge on any atom is 0.356 e. The molecule has 1 N–H and O–H groups in total. The summed E-state index contributed by atoms with van der Waals surface area (Å²) in [5.41, 5.74) is 6.30. The Morgan fingerprint density at radius 2 is 1.68 bits per heavy atom. The van der Waals surface area contributed by atoms with Gasteiger partial charge in [0, 0.05) is 12.6 Å². The van der Waals surface area contributed by atoms with Gasteiger partial charge in [-0.15, -0.1) is 0 Å². The Labute approximate surface area is 112 Å². The van der Waals surface area contributed by atoms with E-state index in [1.807, 2.05) is 34.7 Å². The van der Waals surface area contributed by atoms with Gasteiger partial charge >= 0.3 is 5.97 Å². The van der Waals surface area contributed by atoms with Crippen molar-refractivity contribution >= 4 is 5.97 Å². The predicted octanol–water partition coefficient (Wildman–Crippen LogP) is 3.02. The molecule has 2 aromatic rings. The van der Waals surface area contributed by atoms with Crippen molar-refractivity contribution in [3.8, 4) is 11.3 Å². The van der Waals surface area contributed by atoms with E-state index in [0.29, 0.717) is 5.69 Å². The molecule has 0 spiro atoms. The highest BCUT2D eigenvalue weighted by atomic mass is 16.4. The summed E-state index contributed by atoms with van der Waals surface area (Å²) in [5.74, 6) is -0.992. The van der Waals surface area contributed by atoms with Crippen LogP contribution in [0, 0.1) is 27.7 Å². The Hall–Kier alpha value is -2.10. The molecule has 0 aliphatic rings. The van der Waals surface area contributed by atoms with Gasteiger partial charge < -0.3 is 9.67 Å². The molecule has 4 heteroatoms. The molecule has 100 valence electrons. The van der Waals surface area contributed by atoms with Gasteiger partial charge in [0.05, 0.1) is 12.0 Å². The molecule has 1 heterocycles. The molecule has 0 bridgehead atoms. The Morgan fingerprint density at radius 1 is 1.16 bits per heavy atom. The lowest BCUT2D eigenvalue weighted by Crippen LogP contribution is -2.05. The highest BCUT2D eigenvalue weighted by Gasteiger charge is 2.21. The van der Waals surface area contributed by atoms with Gasteiger partial charge in [-0.1, -0.05) is 6.07 Å². The SMILES string of the molecule is Cc1cc(C)c(C)c(-c2c(C(=O)O)ncn2C)c1C. The molecule has 0 unspecified atom stereocenters. The van der Waals surface area contributed by atoms with E-state index >= 15 is 0 Å². The zero-order valence-electron chi connectivity index (χ0n) is 11.9. The van der Waals surface area contributed by atoms with Crippen molar-refractivity contribution in [2.75, 3.05) is 0 Å². The number of hydrogen-bond acceptors (Lipinski definition) is 2. The van der Waals surface area contributed by atoms with E-state index in [4.69, 9.17) is 0 Å². The second-order valence-electron chi connectivity index (χ2n) is 4.99. The number of benzene rings is 1. The van der Waals surface area contributed by atoms with Gasteiger partial charge in [-0.25, -0.2) is 9.78 Å². The largest absolute Gasteiger partial charge is 0.476 e. The molecule has 1 aromatic carbocycles. The topological polar surface area (TPSA) is 55.1 Å². The number of carboxylic acid groups (broad SMARTS) is 1. The molecule has 0 fully saturated rings. The second-order valence-corrected chi connectivity index (χ2v) is 4.99. The molecule has 0 amide bonds. The second kappa shape index (κ2) is 4.53. The molecule has 19 heavy (non-hydrogen) atoms. The third-order valence-corrected chi connectivity index (χ3v) is 3.74. The number of rotatable bonds is 2. The lowest BCUT2D eigenvalue weighted by atomic mass is 9.91. The monoisotopic (exact) mass is 258 g/mol. The number of nitrogens with zero attached hydrogens (tertiary/aromatic N) is 2. The van der Waals surface area contributed by atoms with E-state index in [1.54, 1.807) is 10.9 Å². The summed E-state index contributed by atoms with van der Waals surface area (Å²) in [6.07, 6.45) is 1.55.